The van der Waals surface area contributed by atoms with Gasteiger partial charge in [-0.3, -0.25) is 4.90 Å². The van der Waals surface area contributed by atoms with E-state index in [0.29, 0.717) is 17.9 Å². The molecule has 3 atom stereocenters. The maximum atomic E-state index is 5.49. The van der Waals surface area contributed by atoms with Crippen LogP contribution in [0, 0.1) is 5.92 Å². The van der Waals surface area contributed by atoms with E-state index in [2.05, 4.69) is 79.3 Å². The van der Waals surface area contributed by atoms with Gasteiger partial charge in [0.2, 0.25) is 0 Å². The van der Waals surface area contributed by atoms with Gasteiger partial charge in [0.25, 0.3) is 0 Å². The summed E-state index contributed by atoms with van der Waals surface area (Å²) in [5.41, 5.74) is 2.89. The Kier molecular flexibility index (Phi) is 7.52. The number of nitrogens with zero attached hydrogens (tertiary/aromatic N) is 2. The van der Waals surface area contributed by atoms with Crippen molar-refractivity contribution in [1.82, 2.24) is 9.80 Å². The standard InChI is InChI=1S/C25H36N2O/c1-5-10-25(20-11-7-6-8-12-20)27-16-15-24(22(19-27)18-26(2)3)21-13-9-14-23(17-21)28-4/h6-9,11-14,17,22,24-25H,5,10,15-16,18-19H2,1-4H3. The summed E-state index contributed by atoms with van der Waals surface area (Å²) in [6, 6.07) is 20.3. The summed E-state index contributed by atoms with van der Waals surface area (Å²) in [4.78, 5) is 5.09. The molecule has 1 heterocycles. The molecule has 2 aromatic carbocycles. The lowest BCUT2D eigenvalue weighted by Crippen LogP contribution is -2.44. The van der Waals surface area contributed by atoms with E-state index in [1.165, 1.54) is 30.4 Å². The highest BCUT2D eigenvalue weighted by Gasteiger charge is 2.34. The lowest BCUT2D eigenvalue weighted by atomic mass is 9.79. The van der Waals surface area contributed by atoms with Crippen LogP contribution in [-0.2, 0) is 0 Å². The molecule has 3 nitrogen and oxygen atoms in total. The third-order valence-corrected chi connectivity index (χ3v) is 6.07. The Hall–Kier alpha value is -1.84. The first-order valence-corrected chi connectivity index (χ1v) is 10.7. The fourth-order valence-electron chi connectivity index (χ4n) is 4.82. The Morgan fingerprint density at radius 3 is 2.57 bits per heavy atom. The fourth-order valence-corrected chi connectivity index (χ4v) is 4.82. The van der Waals surface area contributed by atoms with Crippen molar-refractivity contribution in [1.29, 1.82) is 0 Å². The number of methoxy groups -OCH3 is 1. The van der Waals surface area contributed by atoms with Crippen molar-refractivity contribution in [3.63, 3.8) is 0 Å². The van der Waals surface area contributed by atoms with E-state index in [1.807, 2.05) is 6.07 Å². The summed E-state index contributed by atoms with van der Waals surface area (Å²) in [6.07, 6.45) is 3.65. The smallest absolute Gasteiger partial charge is 0.119 e. The number of ether oxygens (including phenoxy) is 1. The SMILES string of the molecule is CCCC(c1ccccc1)N1CCC(c2cccc(OC)c2)C(CN(C)C)C1. The van der Waals surface area contributed by atoms with Crippen LogP contribution in [0.4, 0.5) is 0 Å². The largest absolute Gasteiger partial charge is 0.497 e. The molecule has 1 aliphatic heterocycles. The molecule has 0 amide bonds. The van der Waals surface area contributed by atoms with E-state index in [0.717, 1.165) is 25.4 Å². The summed E-state index contributed by atoms with van der Waals surface area (Å²) in [6.45, 7) is 5.73. The molecule has 0 aliphatic carbocycles. The van der Waals surface area contributed by atoms with E-state index in [1.54, 1.807) is 7.11 Å². The molecule has 0 radical (unpaired) electrons. The van der Waals surface area contributed by atoms with E-state index < -0.39 is 0 Å². The van der Waals surface area contributed by atoms with Crippen LogP contribution in [0.15, 0.2) is 54.6 Å². The minimum atomic E-state index is 0.530. The number of hydrogen-bond acceptors (Lipinski definition) is 3. The zero-order valence-corrected chi connectivity index (χ0v) is 18.0. The highest BCUT2D eigenvalue weighted by Crippen LogP contribution is 2.38. The fraction of sp³-hybridized carbons (Fsp3) is 0.520. The molecule has 0 aromatic heterocycles. The molecule has 152 valence electrons. The number of benzene rings is 2. The van der Waals surface area contributed by atoms with Gasteiger partial charge in [-0.05, 0) is 68.6 Å². The minimum absolute atomic E-state index is 0.530. The van der Waals surface area contributed by atoms with Crippen LogP contribution in [0.25, 0.3) is 0 Å². The van der Waals surface area contributed by atoms with E-state index >= 15 is 0 Å². The van der Waals surface area contributed by atoms with Crippen molar-refractivity contribution in [3.05, 3.63) is 65.7 Å². The Bertz CT molecular complexity index is 715. The van der Waals surface area contributed by atoms with Gasteiger partial charge >= 0.3 is 0 Å². The predicted molar refractivity (Wildman–Crippen MR) is 118 cm³/mol. The van der Waals surface area contributed by atoms with E-state index in [4.69, 9.17) is 4.74 Å². The third kappa shape index (κ3) is 5.15. The lowest BCUT2D eigenvalue weighted by Gasteiger charge is -2.43. The van der Waals surface area contributed by atoms with Crippen molar-refractivity contribution in [2.75, 3.05) is 40.8 Å². The van der Waals surface area contributed by atoms with Crippen LogP contribution in [0.3, 0.4) is 0 Å². The molecular weight excluding hydrogens is 344 g/mol. The van der Waals surface area contributed by atoms with Gasteiger partial charge in [0, 0.05) is 19.1 Å². The van der Waals surface area contributed by atoms with Crippen LogP contribution in [0.2, 0.25) is 0 Å². The summed E-state index contributed by atoms with van der Waals surface area (Å²) in [5.74, 6) is 2.18. The van der Waals surface area contributed by atoms with E-state index in [-0.39, 0.29) is 0 Å². The van der Waals surface area contributed by atoms with Gasteiger partial charge in [0.05, 0.1) is 7.11 Å². The Morgan fingerprint density at radius 1 is 1.11 bits per heavy atom. The van der Waals surface area contributed by atoms with Gasteiger partial charge in [-0.15, -0.1) is 0 Å². The molecule has 0 bridgehead atoms. The average molecular weight is 381 g/mol. The molecule has 3 unspecified atom stereocenters. The van der Waals surface area contributed by atoms with Crippen LogP contribution in [0.1, 0.15) is 49.3 Å². The second kappa shape index (κ2) is 10.1. The predicted octanol–water partition coefficient (Wildman–Crippen LogP) is 5.20. The van der Waals surface area contributed by atoms with Crippen molar-refractivity contribution >= 4 is 0 Å². The first-order valence-electron chi connectivity index (χ1n) is 10.7. The number of piperidine rings is 1. The molecule has 1 fully saturated rings. The van der Waals surface area contributed by atoms with Crippen LogP contribution >= 0.6 is 0 Å². The van der Waals surface area contributed by atoms with Gasteiger partial charge < -0.3 is 9.64 Å². The third-order valence-electron chi connectivity index (χ3n) is 6.07. The molecule has 0 N–H and O–H groups in total. The van der Waals surface area contributed by atoms with Crippen molar-refractivity contribution in [2.45, 2.75) is 38.1 Å². The first-order chi connectivity index (χ1) is 13.6. The quantitative estimate of drug-likeness (QED) is 0.626. The molecule has 2 aromatic rings. The van der Waals surface area contributed by atoms with Gasteiger partial charge in [0.15, 0.2) is 0 Å². The van der Waals surface area contributed by atoms with Crippen LogP contribution in [0.5, 0.6) is 5.75 Å². The summed E-state index contributed by atoms with van der Waals surface area (Å²) in [7, 11) is 6.15. The lowest BCUT2D eigenvalue weighted by molar-refractivity contribution is 0.0874. The number of hydrogen-bond donors (Lipinski definition) is 0. The zero-order valence-electron chi connectivity index (χ0n) is 18.0. The Balaban J connectivity index is 1.82. The second-order valence-electron chi connectivity index (χ2n) is 8.40. The van der Waals surface area contributed by atoms with E-state index in [9.17, 15) is 0 Å². The maximum absolute atomic E-state index is 5.49. The normalized spacial score (nSPS) is 21.6. The monoisotopic (exact) mass is 380 g/mol. The Labute approximate surface area is 171 Å². The van der Waals surface area contributed by atoms with Crippen molar-refractivity contribution in [3.8, 4) is 5.75 Å². The minimum Gasteiger partial charge on any atom is -0.497 e. The molecule has 1 aliphatic rings. The number of rotatable bonds is 8. The molecule has 0 saturated carbocycles. The van der Waals surface area contributed by atoms with Crippen LogP contribution < -0.4 is 4.74 Å². The molecule has 1 saturated heterocycles. The summed E-state index contributed by atoms with van der Waals surface area (Å²) >= 11 is 0. The summed E-state index contributed by atoms with van der Waals surface area (Å²) in [5, 5.41) is 0. The molecular formula is C25H36N2O. The zero-order chi connectivity index (χ0) is 19.9. The molecule has 28 heavy (non-hydrogen) atoms. The first kappa shape index (κ1) is 20.9. The highest BCUT2D eigenvalue weighted by atomic mass is 16.5. The molecule has 0 spiro atoms. The van der Waals surface area contributed by atoms with Gasteiger partial charge in [-0.2, -0.15) is 0 Å². The van der Waals surface area contributed by atoms with Gasteiger partial charge in [-0.1, -0.05) is 55.8 Å². The van der Waals surface area contributed by atoms with Crippen molar-refractivity contribution in [2.24, 2.45) is 5.92 Å². The number of likely N-dealkylation sites (tertiary alicyclic amines) is 1. The topological polar surface area (TPSA) is 15.7 Å². The van der Waals surface area contributed by atoms with Gasteiger partial charge in [-0.25, -0.2) is 0 Å². The maximum Gasteiger partial charge on any atom is 0.119 e. The Morgan fingerprint density at radius 2 is 1.89 bits per heavy atom. The van der Waals surface area contributed by atoms with Crippen molar-refractivity contribution < 1.29 is 4.74 Å². The van der Waals surface area contributed by atoms with Crippen LogP contribution in [-0.4, -0.2) is 50.6 Å². The van der Waals surface area contributed by atoms with Gasteiger partial charge in [0.1, 0.15) is 5.75 Å². The average Bonchev–Trinajstić information content (AvgIpc) is 2.72. The molecule has 3 heteroatoms. The summed E-state index contributed by atoms with van der Waals surface area (Å²) < 4.78 is 5.49. The second-order valence-corrected chi connectivity index (χ2v) is 8.40. The highest BCUT2D eigenvalue weighted by molar-refractivity contribution is 5.32. The molecule has 3 rings (SSSR count).